The van der Waals surface area contributed by atoms with Crippen LogP contribution >= 0.6 is 0 Å². The van der Waals surface area contributed by atoms with Crippen molar-refractivity contribution in [1.29, 1.82) is 0 Å². The molecule has 1 aliphatic rings. The van der Waals surface area contributed by atoms with E-state index in [0.717, 1.165) is 24.0 Å². The molecule has 6 heteroatoms. The Morgan fingerprint density at radius 1 is 1.29 bits per heavy atom. The molecule has 0 saturated carbocycles. The predicted molar refractivity (Wildman–Crippen MR) is 89.4 cm³/mol. The van der Waals surface area contributed by atoms with Crippen molar-refractivity contribution in [1.82, 2.24) is 15.1 Å². The number of aryl methyl sites for hydroxylation is 1. The second-order valence-electron chi connectivity index (χ2n) is 7.09. The Bertz CT molecular complexity index is 733. The van der Waals surface area contributed by atoms with Gasteiger partial charge in [0.2, 0.25) is 11.8 Å². The van der Waals surface area contributed by atoms with Crippen LogP contribution in [-0.4, -0.2) is 33.3 Å². The van der Waals surface area contributed by atoms with E-state index in [2.05, 4.69) is 10.2 Å². The van der Waals surface area contributed by atoms with Crippen LogP contribution in [0.4, 0.5) is 4.79 Å². The van der Waals surface area contributed by atoms with Gasteiger partial charge in [-0.15, -0.1) is 10.2 Å². The van der Waals surface area contributed by atoms with Crippen LogP contribution in [0, 0.1) is 6.92 Å². The number of amides is 1. The Morgan fingerprint density at radius 2 is 2.04 bits per heavy atom. The highest BCUT2D eigenvalue weighted by Gasteiger charge is 2.36. The van der Waals surface area contributed by atoms with E-state index in [1.165, 1.54) is 0 Å². The van der Waals surface area contributed by atoms with Crippen LogP contribution in [0.3, 0.4) is 0 Å². The number of likely N-dealkylation sites (tertiary alicyclic amines) is 1. The molecule has 0 spiro atoms. The van der Waals surface area contributed by atoms with Gasteiger partial charge in [0.25, 0.3) is 0 Å². The fourth-order valence-electron chi connectivity index (χ4n) is 2.85. The van der Waals surface area contributed by atoms with Crippen molar-refractivity contribution in [3.8, 4) is 11.5 Å². The van der Waals surface area contributed by atoms with Crippen LogP contribution in [0.2, 0.25) is 0 Å². The summed E-state index contributed by atoms with van der Waals surface area (Å²) < 4.78 is 11.4. The van der Waals surface area contributed by atoms with Gasteiger partial charge in [0, 0.05) is 12.1 Å². The van der Waals surface area contributed by atoms with E-state index < -0.39 is 5.60 Å². The zero-order chi connectivity index (χ0) is 17.3. The minimum atomic E-state index is -0.522. The average molecular weight is 329 g/mol. The molecule has 1 atom stereocenters. The molecule has 3 rings (SSSR count). The molecule has 1 aromatic heterocycles. The third kappa shape index (κ3) is 3.42. The first-order valence-corrected chi connectivity index (χ1v) is 8.24. The molecule has 24 heavy (non-hydrogen) atoms. The maximum Gasteiger partial charge on any atom is 0.410 e. The van der Waals surface area contributed by atoms with Crippen molar-refractivity contribution in [2.24, 2.45) is 0 Å². The lowest BCUT2D eigenvalue weighted by Gasteiger charge is -2.27. The molecular formula is C18H23N3O3. The van der Waals surface area contributed by atoms with Crippen molar-refractivity contribution < 1.29 is 13.9 Å². The van der Waals surface area contributed by atoms with E-state index in [1.54, 1.807) is 4.90 Å². The van der Waals surface area contributed by atoms with Crippen LogP contribution < -0.4 is 0 Å². The van der Waals surface area contributed by atoms with Gasteiger partial charge in [-0.05, 0) is 52.2 Å². The molecule has 0 unspecified atom stereocenters. The standard InChI is InChI=1S/C18H23N3O3/c1-12-8-5-6-9-13(12)15-19-20-16(23-15)14-10-7-11-21(14)17(22)24-18(2,3)4/h5-6,8-9,14H,7,10-11H2,1-4H3/t14-/m0/s1. The number of carbonyl (C=O) groups is 1. The van der Waals surface area contributed by atoms with E-state index in [-0.39, 0.29) is 12.1 Å². The molecule has 2 heterocycles. The van der Waals surface area contributed by atoms with Crippen LogP contribution in [-0.2, 0) is 4.74 Å². The Labute approximate surface area is 141 Å². The summed E-state index contributed by atoms with van der Waals surface area (Å²) >= 11 is 0. The largest absolute Gasteiger partial charge is 0.444 e. The van der Waals surface area contributed by atoms with E-state index in [9.17, 15) is 4.79 Å². The first kappa shape index (κ1) is 16.5. The van der Waals surface area contributed by atoms with E-state index in [1.807, 2.05) is 52.0 Å². The minimum absolute atomic E-state index is 0.217. The third-order valence-electron chi connectivity index (χ3n) is 3.98. The maximum atomic E-state index is 12.4. The highest BCUT2D eigenvalue weighted by molar-refractivity contribution is 5.69. The van der Waals surface area contributed by atoms with Crippen LogP contribution in [0.5, 0.6) is 0 Å². The highest BCUT2D eigenvalue weighted by Crippen LogP contribution is 2.34. The van der Waals surface area contributed by atoms with Gasteiger partial charge >= 0.3 is 6.09 Å². The topological polar surface area (TPSA) is 68.5 Å². The summed E-state index contributed by atoms with van der Waals surface area (Å²) in [6, 6.07) is 7.64. The van der Waals surface area contributed by atoms with E-state index in [4.69, 9.17) is 9.15 Å². The molecule has 6 nitrogen and oxygen atoms in total. The molecule has 0 bridgehead atoms. The van der Waals surface area contributed by atoms with Gasteiger partial charge in [0.15, 0.2) is 0 Å². The number of aromatic nitrogens is 2. The molecule has 1 fully saturated rings. The van der Waals surface area contributed by atoms with Gasteiger partial charge in [-0.1, -0.05) is 18.2 Å². The summed E-state index contributed by atoms with van der Waals surface area (Å²) in [6.07, 6.45) is 1.36. The Morgan fingerprint density at radius 3 is 2.75 bits per heavy atom. The summed E-state index contributed by atoms with van der Waals surface area (Å²) in [5.41, 5.74) is 1.46. The molecule has 1 amide bonds. The van der Waals surface area contributed by atoms with Crippen molar-refractivity contribution in [2.45, 2.75) is 52.2 Å². The van der Waals surface area contributed by atoms with Crippen LogP contribution in [0.15, 0.2) is 28.7 Å². The molecule has 2 aromatic rings. The monoisotopic (exact) mass is 329 g/mol. The smallest absolute Gasteiger partial charge is 0.410 e. The van der Waals surface area contributed by atoms with Gasteiger partial charge in [0.1, 0.15) is 11.6 Å². The third-order valence-corrected chi connectivity index (χ3v) is 3.98. The lowest BCUT2D eigenvalue weighted by Crippen LogP contribution is -2.36. The average Bonchev–Trinajstić information content (AvgIpc) is 3.14. The number of carbonyl (C=O) groups excluding carboxylic acids is 1. The van der Waals surface area contributed by atoms with Crippen molar-refractivity contribution in [3.05, 3.63) is 35.7 Å². The zero-order valence-corrected chi connectivity index (χ0v) is 14.6. The Balaban J connectivity index is 1.81. The second-order valence-corrected chi connectivity index (χ2v) is 7.09. The number of hydrogen-bond acceptors (Lipinski definition) is 5. The van der Waals surface area contributed by atoms with Crippen LogP contribution in [0.25, 0.3) is 11.5 Å². The minimum Gasteiger partial charge on any atom is -0.444 e. The number of ether oxygens (including phenoxy) is 1. The fraction of sp³-hybridized carbons (Fsp3) is 0.500. The Kier molecular flexibility index (Phi) is 4.30. The Hall–Kier alpha value is -2.37. The van der Waals surface area contributed by atoms with Gasteiger partial charge in [-0.2, -0.15) is 0 Å². The second kappa shape index (κ2) is 6.26. The van der Waals surface area contributed by atoms with Gasteiger partial charge in [-0.25, -0.2) is 4.79 Å². The van der Waals surface area contributed by atoms with E-state index >= 15 is 0 Å². The quantitative estimate of drug-likeness (QED) is 0.829. The molecule has 1 saturated heterocycles. The highest BCUT2D eigenvalue weighted by atomic mass is 16.6. The maximum absolute atomic E-state index is 12.4. The van der Waals surface area contributed by atoms with Gasteiger partial charge in [-0.3, -0.25) is 4.90 Å². The lowest BCUT2D eigenvalue weighted by atomic mass is 10.1. The number of nitrogens with zero attached hydrogens (tertiary/aromatic N) is 3. The number of rotatable bonds is 2. The molecule has 1 aliphatic heterocycles. The summed E-state index contributed by atoms with van der Waals surface area (Å²) in [6.45, 7) is 8.22. The van der Waals surface area contributed by atoms with Crippen LogP contribution in [0.1, 0.15) is 51.1 Å². The molecule has 0 N–H and O–H groups in total. The SMILES string of the molecule is Cc1ccccc1-c1nnc([C@@H]2CCCN2C(=O)OC(C)(C)C)o1. The molecule has 1 aromatic carbocycles. The number of hydrogen-bond donors (Lipinski definition) is 0. The first-order valence-electron chi connectivity index (χ1n) is 8.24. The van der Waals surface area contributed by atoms with Crippen molar-refractivity contribution >= 4 is 6.09 Å². The summed E-state index contributed by atoms with van der Waals surface area (Å²) in [7, 11) is 0. The normalized spacial score (nSPS) is 18.0. The van der Waals surface area contributed by atoms with Gasteiger partial charge in [0.05, 0.1) is 0 Å². The molecule has 0 aliphatic carbocycles. The lowest BCUT2D eigenvalue weighted by molar-refractivity contribution is 0.0204. The molecule has 0 radical (unpaired) electrons. The number of benzene rings is 1. The molecule has 128 valence electrons. The van der Waals surface area contributed by atoms with Crippen molar-refractivity contribution in [3.63, 3.8) is 0 Å². The van der Waals surface area contributed by atoms with Crippen molar-refractivity contribution in [2.75, 3.05) is 6.54 Å². The summed E-state index contributed by atoms with van der Waals surface area (Å²) in [5.74, 6) is 0.954. The van der Waals surface area contributed by atoms with E-state index in [0.29, 0.717) is 18.3 Å². The predicted octanol–water partition coefficient (Wildman–Crippen LogP) is 4.12. The summed E-state index contributed by atoms with van der Waals surface area (Å²) in [4.78, 5) is 14.1. The van der Waals surface area contributed by atoms with Gasteiger partial charge < -0.3 is 9.15 Å². The summed E-state index contributed by atoms with van der Waals surface area (Å²) in [5, 5.41) is 8.34. The fourth-order valence-corrected chi connectivity index (χ4v) is 2.85. The zero-order valence-electron chi connectivity index (χ0n) is 14.6. The first-order chi connectivity index (χ1) is 11.3. The molecular weight excluding hydrogens is 306 g/mol.